The lowest BCUT2D eigenvalue weighted by atomic mass is 10.2. The van der Waals surface area contributed by atoms with Gasteiger partial charge in [0.1, 0.15) is 12.4 Å². The average Bonchev–Trinajstić information content (AvgIpc) is 3.16. The normalized spacial score (nSPS) is 18.7. The Balaban J connectivity index is 1.75. The maximum absolute atomic E-state index is 12.8. The monoisotopic (exact) mass is 448 g/mol. The van der Waals surface area contributed by atoms with Gasteiger partial charge >= 0.3 is 0 Å². The molecule has 0 aliphatic carbocycles. The summed E-state index contributed by atoms with van der Waals surface area (Å²) in [6.07, 6.45) is 1.20. The number of fused-ring (bicyclic) bond motifs is 1. The molecule has 0 radical (unpaired) electrons. The molecule has 2 aromatic rings. The molecule has 0 bridgehead atoms. The van der Waals surface area contributed by atoms with Crippen LogP contribution in [0.25, 0.3) is 0 Å². The summed E-state index contributed by atoms with van der Waals surface area (Å²) in [6, 6.07) is 6.00. The molecule has 0 fully saturated rings. The van der Waals surface area contributed by atoms with Crippen LogP contribution in [0, 0.1) is 6.92 Å². The van der Waals surface area contributed by atoms with E-state index in [2.05, 4.69) is 15.8 Å². The van der Waals surface area contributed by atoms with Gasteiger partial charge in [-0.1, -0.05) is 16.8 Å². The molecular weight excluding hydrogens is 424 g/mol. The highest BCUT2D eigenvalue weighted by atomic mass is 35.5. The van der Waals surface area contributed by atoms with Crippen LogP contribution in [0.2, 0.25) is 5.02 Å². The number of hydrogen-bond donors (Lipinski definition) is 2. The molecular formula is C21H25ClN4O5. The average molecular weight is 449 g/mol. The second-order valence-corrected chi connectivity index (χ2v) is 7.88. The lowest BCUT2D eigenvalue weighted by Gasteiger charge is -2.22. The highest BCUT2D eigenvalue weighted by Crippen LogP contribution is 2.23. The standard InChI is InChI=1S/C21H25ClN4O5/c1-13-9-18(31-25-13)21(29)26-8-4-3-7-23-20(28)16-10-15(22)5-6-17(16)30-12-14(2)24-19(27)11-26/h5-6,9-10,14H,3-4,7-8,11-12H2,1-2H3,(H,23,28)(H,24,27)/t14-/m0/s1. The molecule has 2 N–H and O–H groups in total. The molecule has 31 heavy (non-hydrogen) atoms. The van der Waals surface area contributed by atoms with Gasteiger partial charge in [-0.05, 0) is 44.9 Å². The van der Waals surface area contributed by atoms with Gasteiger partial charge in [-0.2, -0.15) is 0 Å². The zero-order valence-electron chi connectivity index (χ0n) is 17.4. The van der Waals surface area contributed by atoms with Gasteiger partial charge in [0.2, 0.25) is 11.7 Å². The van der Waals surface area contributed by atoms with E-state index in [1.165, 1.54) is 11.0 Å². The maximum atomic E-state index is 12.8. The molecule has 0 saturated heterocycles. The Morgan fingerprint density at radius 3 is 2.81 bits per heavy atom. The number of aromatic nitrogens is 1. The summed E-state index contributed by atoms with van der Waals surface area (Å²) < 4.78 is 10.8. The minimum absolute atomic E-state index is 0.0835. The van der Waals surface area contributed by atoms with Crippen molar-refractivity contribution in [2.24, 2.45) is 0 Å². The Kier molecular flexibility index (Phi) is 7.51. The molecule has 1 aromatic carbocycles. The minimum atomic E-state index is -0.407. The summed E-state index contributed by atoms with van der Waals surface area (Å²) in [5.74, 6) is -0.555. The number of amides is 3. The van der Waals surface area contributed by atoms with Crippen LogP contribution >= 0.6 is 11.6 Å². The van der Waals surface area contributed by atoms with Crippen LogP contribution in [-0.4, -0.2) is 60.1 Å². The molecule has 1 aliphatic heterocycles. The van der Waals surface area contributed by atoms with Crippen LogP contribution < -0.4 is 15.4 Å². The third kappa shape index (κ3) is 6.21. The molecule has 166 valence electrons. The van der Waals surface area contributed by atoms with Gasteiger partial charge in [-0.15, -0.1) is 0 Å². The molecule has 2 heterocycles. The highest BCUT2D eigenvalue weighted by molar-refractivity contribution is 6.31. The van der Waals surface area contributed by atoms with Gasteiger partial charge < -0.3 is 24.8 Å². The van der Waals surface area contributed by atoms with E-state index in [-0.39, 0.29) is 36.8 Å². The largest absolute Gasteiger partial charge is 0.491 e. The SMILES string of the molecule is Cc1cc(C(=O)N2CCCCNC(=O)c3cc(Cl)ccc3OC[C@H](C)NC(=O)C2)on1. The summed E-state index contributed by atoms with van der Waals surface area (Å²) in [4.78, 5) is 39.3. The van der Waals surface area contributed by atoms with Gasteiger partial charge in [0, 0.05) is 24.2 Å². The van der Waals surface area contributed by atoms with E-state index in [0.29, 0.717) is 48.0 Å². The van der Waals surface area contributed by atoms with Crippen molar-refractivity contribution in [1.82, 2.24) is 20.7 Å². The number of benzene rings is 1. The van der Waals surface area contributed by atoms with Crippen molar-refractivity contribution >= 4 is 29.3 Å². The first-order chi connectivity index (χ1) is 14.8. The number of rotatable bonds is 1. The number of carbonyl (C=O) groups excluding carboxylic acids is 3. The van der Waals surface area contributed by atoms with Crippen LogP contribution in [0.4, 0.5) is 0 Å². The number of ether oxygens (including phenoxy) is 1. The number of halogens is 1. The first kappa shape index (κ1) is 22.6. The Morgan fingerprint density at radius 1 is 1.26 bits per heavy atom. The zero-order chi connectivity index (χ0) is 22.4. The van der Waals surface area contributed by atoms with Crippen LogP contribution in [0.3, 0.4) is 0 Å². The van der Waals surface area contributed by atoms with Crippen molar-refractivity contribution < 1.29 is 23.6 Å². The molecule has 0 spiro atoms. The van der Waals surface area contributed by atoms with Crippen molar-refractivity contribution in [2.75, 3.05) is 26.2 Å². The molecule has 0 unspecified atom stereocenters. The van der Waals surface area contributed by atoms with E-state index in [0.717, 1.165) is 0 Å². The first-order valence-corrected chi connectivity index (χ1v) is 10.4. The van der Waals surface area contributed by atoms with Crippen LogP contribution in [0.15, 0.2) is 28.8 Å². The number of nitrogens with one attached hydrogen (secondary N) is 2. The van der Waals surface area contributed by atoms with Gasteiger partial charge in [0.15, 0.2) is 0 Å². The van der Waals surface area contributed by atoms with E-state index in [1.807, 2.05) is 0 Å². The summed E-state index contributed by atoms with van der Waals surface area (Å²) in [5, 5.41) is 9.82. The van der Waals surface area contributed by atoms with Gasteiger partial charge in [-0.3, -0.25) is 14.4 Å². The second kappa shape index (κ2) is 10.3. The number of carbonyl (C=O) groups is 3. The molecule has 0 saturated carbocycles. The Hall–Kier alpha value is -3.07. The lowest BCUT2D eigenvalue weighted by molar-refractivity contribution is -0.122. The minimum Gasteiger partial charge on any atom is -0.491 e. The molecule has 10 heteroatoms. The van der Waals surface area contributed by atoms with Crippen molar-refractivity contribution in [3.05, 3.63) is 46.3 Å². The predicted molar refractivity (Wildman–Crippen MR) is 113 cm³/mol. The number of aryl methyl sites for hydroxylation is 1. The van der Waals surface area contributed by atoms with E-state index in [9.17, 15) is 14.4 Å². The topological polar surface area (TPSA) is 114 Å². The summed E-state index contributed by atoms with van der Waals surface area (Å²) >= 11 is 6.04. The van der Waals surface area contributed by atoms with Crippen molar-refractivity contribution in [3.63, 3.8) is 0 Å². The van der Waals surface area contributed by atoms with Crippen LogP contribution in [0.5, 0.6) is 5.75 Å². The molecule has 1 atom stereocenters. The molecule has 9 nitrogen and oxygen atoms in total. The van der Waals surface area contributed by atoms with E-state index >= 15 is 0 Å². The summed E-state index contributed by atoms with van der Waals surface area (Å²) in [6.45, 7) is 4.24. The third-order valence-electron chi connectivity index (χ3n) is 4.68. The van der Waals surface area contributed by atoms with Gasteiger partial charge in [0.05, 0.1) is 23.8 Å². The maximum Gasteiger partial charge on any atom is 0.292 e. The quantitative estimate of drug-likeness (QED) is 0.691. The molecule has 3 amide bonds. The van der Waals surface area contributed by atoms with Crippen LogP contribution in [-0.2, 0) is 4.79 Å². The van der Waals surface area contributed by atoms with Gasteiger partial charge in [0.25, 0.3) is 11.8 Å². The predicted octanol–water partition coefficient (Wildman–Crippen LogP) is 2.19. The highest BCUT2D eigenvalue weighted by Gasteiger charge is 2.23. The van der Waals surface area contributed by atoms with Crippen molar-refractivity contribution in [3.8, 4) is 5.75 Å². The Labute approximate surface area is 185 Å². The Morgan fingerprint density at radius 2 is 2.06 bits per heavy atom. The summed E-state index contributed by atoms with van der Waals surface area (Å²) in [7, 11) is 0. The summed E-state index contributed by atoms with van der Waals surface area (Å²) in [5.41, 5.74) is 0.915. The Bertz CT molecular complexity index is 961. The lowest BCUT2D eigenvalue weighted by Crippen LogP contribution is -2.45. The van der Waals surface area contributed by atoms with Crippen molar-refractivity contribution in [1.29, 1.82) is 0 Å². The van der Waals surface area contributed by atoms with E-state index in [1.54, 1.807) is 32.0 Å². The van der Waals surface area contributed by atoms with Crippen LogP contribution in [0.1, 0.15) is 46.4 Å². The van der Waals surface area contributed by atoms with Crippen molar-refractivity contribution in [2.45, 2.75) is 32.7 Å². The fraction of sp³-hybridized carbons (Fsp3) is 0.429. The van der Waals surface area contributed by atoms with E-state index in [4.69, 9.17) is 20.9 Å². The first-order valence-electron chi connectivity index (χ1n) is 10.1. The smallest absolute Gasteiger partial charge is 0.292 e. The second-order valence-electron chi connectivity index (χ2n) is 7.44. The fourth-order valence-electron chi connectivity index (χ4n) is 3.15. The zero-order valence-corrected chi connectivity index (χ0v) is 18.2. The molecule has 1 aliphatic rings. The number of nitrogens with zero attached hydrogens (tertiary/aromatic N) is 2. The molecule has 1 aromatic heterocycles. The third-order valence-corrected chi connectivity index (χ3v) is 4.92. The number of hydrogen-bond acceptors (Lipinski definition) is 6. The molecule has 3 rings (SSSR count). The van der Waals surface area contributed by atoms with E-state index < -0.39 is 5.91 Å². The van der Waals surface area contributed by atoms with Gasteiger partial charge in [-0.25, -0.2) is 0 Å². The fourth-order valence-corrected chi connectivity index (χ4v) is 3.33.